The van der Waals surface area contributed by atoms with Gasteiger partial charge >= 0.3 is 0 Å². The fraction of sp³-hybridized carbons (Fsp3) is 0.520. The van der Waals surface area contributed by atoms with Crippen LogP contribution in [0.1, 0.15) is 59.7 Å². The standard InChI is InChI=1S/C25H32N4O2/c1-17-18(2)29(15-20-10-7-13-31-20)25(22(17)14-26)27-24(30)16-28(3)23-12-6-9-19-8-4-5-11-21(19)23/h4-5,8,11,20,23H,6-7,9-10,12-13,15-16H2,1-3H3,(H,27,30)/p+1/t20-,23-/m0/s1. The monoisotopic (exact) mass is 421 g/mol. The second kappa shape index (κ2) is 9.25. The van der Waals surface area contributed by atoms with Crippen LogP contribution < -0.4 is 10.2 Å². The SMILES string of the molecule is Cc1c(C#N)c(NC(=O)C[NH+](C)[C@H]2CCCc3ccccc32)n(C[C@@H]2CCCO2)c1C. The highest BCUT2D eigenvalue weighted by molar-refractivity contribution is 5.92. The van der Waals surface area contributed by atoms with Crippen LogP contribution in [0.15, 0.2) is 24.3 Å². The van der Waals surface area contributed by atoms with Gasteiger partial charge in [0.15, 0.2) is 6.54 Å². The van der Waals surface area contributed by atoms with Crippen molar-refractivity contribution in [3.63, 3.8) is 0 Å². The van der Waals surface area contributed by atoms with Crippen LogP contribution in [0.4, 0.5) is 5.82 Å². The van der Waals surface area contributed by atoms with Crippen LogP contribution in [0.25, 0.3) is 0 Å². The molecule has 1 amide bonds. The van der Waals surface area contributed by atoms with E-state index < -0.39 is 0 Å². The molecule has 0 radical (unpaired) electrons. The smallest absolute Gasteiger partial charge is 0.280 e. The van der Waals surface area contributed by atoms with Gasteiger partial charge in [0, 0.05) is 24.3 Å². The molecule has 2 N–H and O–H groups in total. The second-order valence-electron chi connectivity index (χ2n) is 9.01. The number of anilines is 1. The first-order valence-corrected chi connectivity index (χ1v) is 11.4. The molecule has 1 aliphatic carbocycles. The van der Waals surface area contributed by atoms with E-state index in [1.165, 1.54) is 16.0 Å². The van der Waals surface area contributed by atoms with E-state index in [9.17, 15) is 10.1 Å². The molecule has 2 aliphatic rings. The fourth-order valence-electron chi connectivity index (χ4n) is 5.17. The maximum absolute atomic E-state index is 13.1. The van der Waals surface area contributed by atoms with Crippen molar-refractivity contribution in [2.24, 2.45) is 0 Å². The molecular formula is C25H33N4O2+. The summed E-state index contributed by atoms with van der Waals surface area (Å²) in [6, 6.07) is 11.2. The highest BCUT2D eigenvalue weighted by Gasteiger charge is 2.29. The third kappa shape index (κ3) is 4.39. The predicted octanol–water partition coefficient (Wildman–Crippen LogP) is 2.69. The number of hydrogen-bond acceptors (Lipinski definition) is 3. The van der Waals surface area contributed by atoms with Crippen LogP contribution in [-0.4, -0.2) is 36.8 Å². The van der Waals surface area contributed by atoms with E-state index in [0.29, 0.717) is 30.5 Å². The number of carbonyl (C=O) groups excluding carboxylic acids is 1. The van der Waals surface area contributed by atoms with Crippen molar-refractivity contribution < 1.29 is 14.4 Å². The van der Waals surface area contributed by atoms with Crippen molar-refractivity contribution in [2.45, 2.75) is 64.6 Å². The van der Waals surface area contributed by atoms with Crippen molar-refractivity contribution in [2.75, 3.05) is 25.5 Å². The molecule has 4 rings (SSSR count). The lowest BCUT2D eigenvalue weighted by molar-refractivity contribution is -0.905. The van der Waals surface area contributed by atoms with E-state index in [0.717, 1.165) is 50.0 Å². The largest absolute Gasteiger partial charge is 0.376 e. The number of nitrogens with zero attached hydrogens (tertiary/aromatic N) is 2. The maximum Gasteiger partial charge on any atom is 0.280 e. The van der Waals surface area contributed by atoms with Gasteiger partial charge in [0.1, 0.15) is 17.9 Å². The van der Waals surface area contributed by atoms with Crippen LogP contribution in [0.2, 0.25) is 0 Å². The molecule has 0 bridgehead atoms. The molecule has 1 fully saturated rings. The van der Waals surface area contributed by atoms with Crippen LogP contribution >= 0.6 is 0 Å². The van der Waals surface area contributed by atoms with Crippen molar-refractivity contribution in [3.05, 3.63) is 52.2 Å². The number of hydrogen-bond donors (Lipinski definition) is 2. The predicted molar refractivity (Wildman–Crippen MR) is 120 cm³/mol. The van der Waals surface area contributed by atoms with Crippen LogP contribution in [0.3, 0.4) is 0 Å². The number of quaternary nitrogens is 1. The normalized spacial score (nSPS) is 21.4. The minimum absolute atomic E-state index is 0.0526. The third-order valence-electron chi connectivity index (χ3n) is 7.01. The quantitative estimate of drug-likeness (QED) is 0.753. The number of rotatable bonds is 6. The highest BCUT2D eigenvalue weighted by Crippen LogP contribution is 2.29. The minimum atomic E-state index is -0.0526. The number of aryl methyl sites for hydroxylation is 1. The van der Waals surface area contributed by atoms with Gasteiger partial charge in [-0.05, 0) is 50.7 Å². The number of fused-ring (bicyclic) bond motifs is 1. The number of nitriles is 1. The molecule has 6 heteroatoms. The van der Waals surface area contributed by atoms with Gasteiger partial charge in [-0.25, -0.2) is 0 Å². The number of amides is 1. The topological polar surface area (TPSA) is 71.5 Å². The van der Waals surface area contributed by atoms with E-state index in [-0.39, 0.29) is 12.0 Å². The zero-order valence-electron chi connectivity index (χ0n) is 18.8. The molecule has 0 saturated carbocycles. The maximum atomic E-state index is 13.1. The molecule has 1 aromatic heterocycles. The van der Waals surface area contributed by atoms with E-state index >= 15 is 0 Å². The first-order chi connectivity index (χ1) is 15.0. The summed E-state index contributed by atoms with van der Waals surface area (Å²) in [5, 5.41) is 12.8. The second-order valence-corrected chi connectivity index (χ2v) is 9.01. The fourth-order valence-corrected chi connectivity index (χ4v) is 5.17. The van der Waals surface area contributed by atoms with Crippen LogP contribution in [0.5, 0.6) is 0 Å². The van der Waals surface area contributed by atoms with Gasteiger partial charge in [-0.15, -0.1) is 0 Å². The summed E-state index contributed by atoms with van der Waals surface area (Å²) in [5.41, 5.74) is 5.28. The Bertz CT molecular complexity index is 998. The summed E-state index contributed by atoms with van der Waals surface area (Å²) in [7, 11) is 2.10. The average Bonchev–Trinajstić information content (AvgIpc) is 3.36. The molecule has 1 aromatic carbocycles. The first kappa shape index (κ1) is 21.6. The summed E-state index contributed by atoms with van der Waals surface area (Å²) in [6.07, 6.45) is 5.58. The van der Waals surface area contributed by atoms with Crippen LogP contribution in [-0.2, 0) is 22.5 Å². The zero-order chi connectivity index (χ0) is 22.0. The van der Waals surface area contributed by atoms with Crippen molar-refractivity contribution >= 4 is 11.7 Å². The van der Waals surface area contributed by atoms with Gasteiger partial charge in [-0.3, -0.25) is 4.79 Å². The third-order valence-corrected chi connectivity index (χ3v) is 7.01. The molecule has 2 heterocycles. The Hall–Kier alpha value is -2.62. The molecule has 6 nitrogen and oxygen atoms in total. The summed E-state index contributed by atoms with van der Waals surface area (Å²) < 4.78 is 7.87. The lowest BCUT2D eigenvalue weighted by Crippen LogP contribution is -3.10. The number of ether oxygens (including phenoxy) is 1. The molecule has 3 atom stereocenters. The average molecular weight is 422 g/mol. The molecule has 2 aromatic rings. The number of carbonyl (C=O) groups is 1. The molecule has 1 saturated heterocycles. The Morgan fingerprint density at radius 3 is 2.84 bits per heavy atom. The molecule has 1 aliphatic heterocycles. The minimum Gasteiger partial charge on any atom is -0.376 e. The van der Waals surface area contributed by atoms with Crippen LogP contribution in [0, 0.1) is 25.2 Å². The lowest BCUT2D eigenvalue weighted by atomic mass is 9.87. The van der Waals surface area contributed by atoms with Gasteiger partial charge in [0.05, 0.1) is 25.3 Å². The van der Waals surface area contributed by atoms with Gasteiger partial charge in [-0.1, -0.05) is 24.3 Å². The Kier molecular flexibility index (Phi) is 6.45. The summed E-state index contributed by atoms with van der Waals surface area (Å²) in [6.45, 7) is 5.78. The molecule has 0 spiro atoms. The highest BCUT2D eigenvalue weighted by atomic mass is 16.5. The number of nitrogens with one attached hydrogen (secondary N) is 2. The van der Waals surface area contributed by atoms with Crippen molar-refractivity contribution in [3.8, 4) is 6.07 Å². The van der Waals surface area contributed by atoms with Gasteiger partial charge in [0.25, 0.3) is 5.91 Å². The van der Waals surface area contributed by atoms with Crippen molar-refractivity contribution in [1.82, 2.24) is 4.57 Å². The Morgan fingerprint density at radius 2 is 2.10 bits per heavy atom. The van der Waals surface area contributed by atoms with Gasteiger partial charge in [-0.2, -0.15) is 5.26 Å². The van der Waals surface area contributed by atoms with Crippen molar-refractivity contribution in [1.29, 1.82) is 5.26 Å². The summed E-state index contributed by atoms with van der Waals surface area (Å²) >= 11 is 0. The molecular weight excluding hydrogens is 388 g/mol. The zero-order valence-corrected chi connectivity index (χ0v) is 18.8. The lowest BCUT2D eigenvalue weighted by Gasteiger charge is -2.30. The van der Waals surface area contributed by atoms with Gasteiger partial charge < -0.3 is 19.5 Å². The first-order valence-electron chi connectivity index (χ1n) is 11.4. The number of likely N-dealkylation sites (N-methyl/N-ethyl adjacent to an activating group) is 1. The summed E-state index contributed by atoms with van der Waals surface area (Å²) in [5.74, 6) is 0.568. The van der Waals surface area contributed by atoms with E-state index in [1.54, 1.807) is 0 Å². The molecule has 31 heavy (non-hydrogen) atoms. The molecule has 164 valence electrons. The number of benzene rings is 1. The molecule has 1 unspecified atom stereocenters. The Morgan fingerprint density at radius 1 is 1.29 bits per heavy atom. The Labute approximate surface area is 184 Å². The summed E-state index contributed by atoms with van der Waals surface area (Å²) in [4.78, 5) is 14.3. The van der Waals surface area contributed by atoms with E-state index in [4.69, 9.17) is 4.74 Å². The Balaban J connectivity index is 1.51. The van der Waals surface area contributed by atoms with E-state index in [2.05, 4.69) is 47.3 Å². The van der Waals surface area contributed by atoms with E-state index in [1.807, 2.05) is 13.8 Å². The number of aromatic nitrogens is 1. The van der Waals surface area contributed by atoms with Gasteiger partial charge in [0.2, 0.25) is 0 Å².